The quantitative estimate of drug-likeness (QED) is 0.742. The van der Waals surface area contributed by atoms with Gasteiger partial charge in [0.15, 0.2) is 9.84 Å². The Bertz CT molecular complexity index is 612. The van der Waals surface area contributed by atoms with E-state index in [9.17, 15) is 8.42 Å². The number of hydrogen-bond donors (Lipinski definition) is 0. The summed E-state index contributed by atoms with van der Waals surface area (Å²) in [6.07, 6.45) is 0. The average Bonchev–Trinajstić information content (AvgIpc) is 2.70. The molecule has 96 valence electrons. The Morgan fingerprint density at radius 3 is 2.78 bits per heavy atom. The number of para-hydroxylation sites is 1. The Balaban J connectivity index is 2.02. The lowest BCUT2D eigenvalue weighted by Gasteiger charge is -2.25. The van der Waals surface area contributed by atoms with Crippen molar-refractivity contribution < 1.29 is 8.42 Å². The van der Waals surface area contributed by atoms with Gasteiger partial charge < -0.3 is 4.90 Å². The molecule has 0 unspecified atom stereocenters. The van der Waals surface area contributed by atoms with Gasteiger partial charge in [-0.05, 0) is 18.6 Å². The molecule has 2 saturated heterocycles. The molecule has 3 rings (SSSR count). The standard InChI is InChI=1S/C12H13NO2S3/c1-8-4-2-3-5-9(8)13-10-6-18(14,15)7-11(10)17-12(13)16/h2-5,10-11H,6-7H2,1H3/t10-,11-/m1/s1. The number of hydrogen-bond acceptors (Lipinski definition) is 4. The number of nitrogens with zero attached hydrogens (tertiary/aromatic N) is 1. The highest BCUT2D eigenvalue weighted by Crippen LogP contribution is 2.41. The van der Waals surface area contributed by atoms with Crippen LogP contribution in [0.1, 0.15) is 5.56 Å². The van der Waals surface area contributed by atoms with E-state index in [1.165, 1.54) is 11.8 Å². The second-order valence-electron chi connectivity index (χ2n) is 4.72. The van der Waals surface area contributed by atoms with Crippen LogP contribution in [0.2, 0.25) is 0 Å². The molecule has 0 radical (unpaired) electrons. The molecule has 2 aliphatic heterocycles. The third-order valence-electron chi connectivity index (χ3n) is 3.43. The molecule has 1 aromatic rings. The maximum Gasteiger partial charge on any atom is 0.153 e. The molecule has 2 heterocycles. The lowest BCUT2D eigenvalue weighted by Crippen LogP contribution is -2.37. The molecule has 0 N–H and O–H groups in total. The van der Waals surface area contributed by atoms with Crippen molar-refractivity contribution in [2.45, 2.75) is 18.2 Å². The van der Waals surface area contributed by atoms with Gasteiger partial charge in [-0.3, -0.25) is 0 Å². The SMILES string of the molecule is Cc1ccccc1N1C(=S)S[C@@H]2CS(=O)(=O)C[C@H]21. The second-order valence-corrected chi connectivity index (χ2v) is 8.75. The Hall–Kier alpha value is -0.590. The fourth-order valence-electron chi connectivity index (χ4n) is 2.58. The molecule has 18 heavy (non-hydrogen) atoms. The highest BCUT2D eigenvalue weighted by molar-refractivity contribution is 8.24. The van der Waals surface area contributed by atoms with E-state index >= 15 is 0 Å². The average molecular weight is 299 g/mol. The Kier molecular flexibility index (Phi) is 2.91. The van der Waals surface area contributed by atoms with Crippen LogP contribution in [0.5, 0.6) is 0 Å². The van der Waals surface area contributed by atoms with E-state index in [1.807, 2.05) is 36.1 Å². The van der Waals surface area contributed by atoms with Crippen LogP contribution in [-0.4, -0.2) is 35.5 Å². The van der Waals surface area contributed by atoms with Gasteiger partial charge in [-0.1, -0.05) is 42.2 Å². The van der Waals surface area contributed by atoms with Crippen molar-refractivity contribution in [3.8, 4) is 0 Å². The molecule has 2 aliphatic rings. The fourth-order valence-corrected chi connectivity index (χ4v) is 6.94. The monoisotopic (exact) mass is 299 g/mol. The summed E-state index contributed by atoms with van der Waals surface area (Å²) in [5.41, 5.74) is 2.17. The van der Waals surface area contributed by atoms with Gasteiger partial charge >= 0.3 is 0 Å². The zero-order chi connectivity index (χ0) is 12.9. The van der Waals surface area contributed by atoms with Crippen LogP contribution < -0.4 is 4.90 Å². The second kappa shape index (κ2) is 4.21. The van der Waals surface area contributed by atoms with E-state index < -0.39 is 9.84 Å². The van der Waals surface area contributed by atoms with Crippen LogP contribution in [-0.2, 0) is 9.84 Å². The van der Waals surface area contributed by atoms with Crippen molar-refractivity contribution in [2.24, 2.45) is 0 Å². The molecule has 0 bridgehead atoms. The maximum absolute atomic E-state index is 11.7. The summed E-state index contributed by atoms with van der Waals surface area (Å²) in [4.78, 5) is 2.03. The van der Waals surface area contributed by atoms with Gasteiger partial charge in [-0.25, -0.2) is 8.42 Å². The van der Waals surface area contributed by atoms with Gasteiger partial charge in [0.1, 0.15) is 4.32 Å². The first kappa shape index (κ1) is 12.4. The number of benzene rings is 1. The van der Waals surface area contributed by atoms with E-state index in [2.05, 4.69) is 0 Å². The molecule has 6 heteroatoms. The molecule has 0 aromatic heterocycles. The molecule has 0 amide bonds. The molecule has 3 nitrogen and oxygen atoms in total. The van der Waals surface area contributed by atoms with Gasteiger partial charge in [0.25, 0.3) is 0 Å². The summed E-state index contributed by atoms with van der Waals surface area (Å²) < 4.78 is 24.3. The largest absolute Gasteiger partial charge is 0.322 e. The molecule has 0 aliphatic carbocycles. The Morgan fingerprint density at radius 1 is 1.33 bits per heavy atom. The first-order valence-electron chi connectivity index (χ1n) is 5.74. The van der Waals surface area contributed by atoms with Gasteiger partial charge in [0.05, 0.1) is 17.5 Å². The normalized spacial score (nSPS) is 29.6. The third-order valence-corrected chi connectivity index (χ3v) is 7.02. The van der Waals surface area contributed by atoms with Crippen molar-refractivity contribution in [3.63, 3.8) is 0 Å². The fraction of sp³-hybridized carbons (Fsp3) is 0.417. The smallest absolute Gasteiger partial charge is 0.153 e. The highest BCUT2D eigenvalue weighted by Gasteiger charge is 2.48. The van der Waals surface area contributed by atoms with E-state index in [1.54, 1.807) is 0 Å². The summed E-state index contributed by atoms with van der Waals surface area (Å²) in [6, 6.07) is 7.99. The zero-order valence-corrected chi connectivity index (χ0v) is 12.3. The highest BCUT2D eigenvalue weighted by atomic mass is 32.2. The van der Waals surface area contributed by atoms with Crippen LogP contribution >= 0.6 is 24.0 Å². The summed E-state index contributed by atoms with van der Waals surface area (Å²) in [5.74, 6) is 0.476. The summed E-state index contributed by atoms with van der Waals surface area (Å²) in [5, 5.41) is 0.0992. The van der Waals surface area contributed by atoms with Crippen LogP contribution in [0.25, 0.3) is 0 Å². The lowest BCUT2D eigenvalue weighted by molar-refractivity contribution is 0.601. The molecule has 2 atom stereocenters. The summed E-state index contributed by atoms with van der Waals surface area (Å²) in [6.45, 7) is 2.03. The Labute approximate surface area is 116 Å². The number of aryl methyl sites for hydroxylation is 1. The number of thioether (sulfide) groups is 1. The molecular weight excluding hydrogens is 286 g/mol. The number of anilines is 1. The van der Waals surface area contributed by atoms with Gasteiger partial charge in [-0.15, -0.1) is 0 Å². The minimum atomic E-state index is -2.90. The van der Waals surface area contributed by atoms with Crippen molar-refractivity contribution in [2.75, 3.05) is 16.4 Å². The molecule has 1 aromatic carbocycles. The van der Waals surface area contributed by atoms with E-state index in [0.717, 1.165) is 15.6 Å². The maximum atomic E-state index is 11.7. The Morgan fingerprint density at radius 2 is 2.06 bits per heavy atom. The third kappa shape index (κ3) is 1.96. The minimum Gasteiger partial charge on any atom is -0.322 e. The van der Waals surface area contributed by atoms with Crippen LogP contribution in [0.15, 0.2) is 24.3 Å². The number of rotatable bonds is 1. The first-order valence-corrected chi connectivity index (χ1v) is 8.85. The van der Waals surface area contributed by atoms with E-state index in [0.29, 0.717) is 0 Å². The van der Waals surface area contributed by atoms with Crippen LogP contribution in [0.3, 0.4) is 0 Å². The predicted octanol–water partition coefficient (Wildman–Crippen LogP) is 2.00. The number of fused-ring (bicyclic) bond motifs is 1. The first-order chi connectivity index (χ1) is 8.48. The minimum absolute atomic E-state index is 0.00796. The molecule has 0 spiro atoms. The molecule has 0 saturated carbocycles. The van der Waals surface area contributed by atoms with Gasteiger partial charge in [0, 0.05) is 10.9 Å². The van der Waals surface area contributed by atoms with Gasteiger partial charge in [0.2, 0.25) is 0 Å². The summed E-state index contributed by atoms with van der Waals surface area (Å²) in [7, 11) is -2.90. The number of sulfone groups is 1. The number of thiocarbonyl (C=S) groups is 1. The molecular formula is C12H13NO2S3. The van der Waals surface area contributed by atoms with Crippen molar-refractivity contribution in [1.29, 1.82) is 0 Å². The van der Waals surface area contributed by atoms with Crippen molar-refractivity contribution in [1.82, 2.24) is 0 Å². The van der Waals surface area contributed by atoms with E-state index in [-0.39, 0.29) is 22.8 Å². The van der Waals surface area contributed by atoms with E-state index in [4.69, 9.17) is 12.2 Å². The lowest BCUT2D eigenvalue weighted by atomic mass is 10.1. The topological polar surface area (TPSA) is 37.4 Å². The van der Waals surface area contributed by atoms with Crippen molar-refractivity contribution >= 4 is 43.8 Å². The van der Waals surface area contributed by atoms with Gasteiger partial charge in [-0.2, -0.15) is 0 Å². The van der Waals surface area contributed by atoms with Crippen molar-refractivity contribution in [3.05, 3.63) is 29.8 Å². The molecule has 2 fully saturated rings. The summed E-state index contributed by atoms with van der Waals surface area (Å²) >= 11 is 6.93. The van der Waals surface area contributed by atoms with Crippen LogP contribution in [0.4, 0.5) is 5.69 Å². The van der Waals surface area contributed by atoms with Crippen LogP contribution in [0, 0.1) is 6.92 Å². The predicted molar refractivity (Wildman–Crippen MR) is 80.1 cm³/mol. The zero-order valence-electron chi connectivity index (χ0n) is 9.87.